The van der Waals surface area contributed by atoms with Gasteiger partial charge in [0.2, 0.25) is 0 Å². The van der Waals surface area contributed by atoms with Crippen LogP contribution in [0.3, 0.4) is 0 Å². The van der Waals surface area contributed by atoms with Crippen LogP contribution in [-0.2, 0) is 0 Å². The number of carboxylic acid groups (broad SMARTS) is 1. The highest BCUT2D eigenvalue weighted by atomic mass is 35.5. The van der Waals surface area contributed by atoms with Crippen molar-refractivity contribution in [1.82, 2.24) is 0 Å². The molecule has 0 saturated carbocycles. The Kier molecular flexibility index (Phi) is 3.19. The highest BCUT2D eigenvalue weighted by Crippen LogP contribution is 2.32. The van der Waals surface area contributed by atoms with Gasteiger partial charge in [-0.1, -0.05) is 29.3 Å². The number of hydrogen-bond acceptors (Lipinski definition) is 2. The molecule has 82 valence electrons. The first kappa shape index (κ1) is 11.5. The molecule has 0 aliphatic heterocycles. The fourth-order valence-electron chi connectivity index (χ4n) is 1.31. The Morgan fingerprint density at radius 2 is 1.94 bits per heavy atom. The van der Waals surface area contributed by atoms with Gasteiger partial charge in [0.25, 0.3) is 0 Å². The molecule has 1 aromatic heterocycles. The lowest BCUT2D eigenvalue weighted by Crippen LogP contribution is -1.97. The van der Waals surface area contributed by atoms with Gasteiger partial charge in [-0.2, -0.15) is 0 Å². The molecule has 2 aromatic rings. The maximum absolute atomic E-state index is 10.9. The third kappa shape index (κ3) is 2.21. The van der Waals surface area contributed by atoms with Crippen molar-refractivity contribution in [1.29, 1.82) is 0 Å². The van der Waals surface area contributed by atoms with Gasteiger partial charge in [-0.25, -0.2) is 4.79 Å². The van der Waals surface area contributed by atoms with Gasteiger partial charge in [0.1, 0.15) is 0 Å². The van der Waals surface area contributed by atoms with Crippen LogP contribution in [-0.4, -0.2) is 11.1 Å². The van der Waals surface area contributed by atoms with Crippen LogP contribution < -0.4 is 0 Å². The minimum atomic E-state index is -1.03. The number of carbonyl (C=O) groups is 1. The molecule has 0 aliphatic carbocycles. The summed E-state index contributed by atoms with van der Waals surface area (Å²) in [5.41, 5.74) is 0.905. The fraction of sp³-hybridized carbons (Fsp3) is 0. The number of thiophene rings is 1. The van der Waals surface area contributed by atoms with Gasteiger partial charge in [0.15, 0.2) is 0 Å². The first-order valence-electron chi connectivity index (χ1n) is 4.36. The fourth-order valence-corrected chi connectivity index (χ4v) is 2.55. The topological polar surface area (TPSA) is 37.3 Å². The number of benzene rings is 1. The van der Waals surface area contributed by atoms with E-state index in [-0.39, 0.29) is 10.6 Å². The summed E-state index contributed by atoms with van der Waals surface area (Å²) in [4.78, 5) is 11.8. The second-order valence-corrected chi connectivity index (χ2v) is 5.23. The van der Waals surface area contributed by atoms with E-state index in [4.69, 9.17) is 28.3 Å². The van der Waals surface area contributed by atoms with E-state index in [2.05, 4.69) is 0 Å². The van der Waals surface area contributed by atoms with Gasteiger partial charge in [0, 0.05) is 4.88 Å². The predicted octanol–water partition coefficient (Wildman–Crippen LogP) is 4.42. The minimum absolute atomic E-state index is 0.101. The quantitative estimate of drug-likeness (QED) is 0.879. The summed E-state index contributed by atoms with van der Waals surface area (Å²) in [5.74, 6) is -1.03. The highest BCUT2D eigenvalue weighted by Gasteiger charge is 2.11. The lowest BCUT2D eigenvalue weighted by atomic mass is 10.1. The van der Waals surface area contributed by atoms with Crippen LogP contribution in [0.15, 0.2) is 30.3 Å². The number of rotatable bonds is 2. The Labute approximate surface area is 106 Å². The summed E-state index contributed by atoms with van der Waals surface area (Å²) < 4.78 is 0.668. The molecule has 0 saturated heterocycles. The molecule has 16 heavy (non-hydrogen) atoms. The third-order valence-corrected chi connectivity index (χ3v) is 3.66. The molecule has 0 radical (unpaired) electrons. The van der Waals surface area contributed by atoms with Crippen molar-refractivity contribution in [3.05, 3.63) is 45.3 Å². The average molecular weight is 273 g/mol. The second kappa shape index (κ2) is 4.45. The van der Waals surface area contributed by atoms with Crippen LogP contribution in [0, 0.1) is 0 Å². The molecule has 5 heteroatoms. The minimum Gasteiger partial charge on any atom is -0.478 e. The third-order valence-electron chi connectivity index (χ3n) is 2.05. The van der Waals surface area contributed by atoms with E-state index < -0.39 is 5.97 Å². The molecule has 0 bridgehead atoms. The summed E-state index contributed by atoms with van der Waals surface area (Å²) in [7, 11) is 0. The van der Waals surface area contributed by atoms with Crippen molar-refractivity contribution < 1.29 is 9.90 Å². The normalized spacial score (nSPS) is 10.4. The highest BCUT2D eigenvalue weighted by molar-refractivity contribution is 7.19. The smallest absolute Gasteiger partial charge is 0.337 e. The van der Waals surface area contributed by atoms with Crippen LogP contribution in [0.5, 0.6) is 0 Å². The maximum Gasteiger partial charge on any atom is 0.337 e. The SMILES string of the molecule is O=C(O)c1cc(-c2ccc(Cl)s2)ccc1Cl. The van der Waals surface area contributed by atoms with Crippen LogP contribution in [0.1, 0.15) is 10.4 Å². The zero-order chi connectivity index (χ0) is 11.7. The summed E-state index contributed by atoms with van der Waals surface area (Å²) >= 11 is 13.0. The van der Waals surface area contributed by atoms with Crippen LogP contribution in [0.25, 0.3) is 10.4 Å². The van der Waals surface area contributed by atoms with Gasteiger partial charge in [-0.3, -0.25) is 0 Å². The van der Waals surface area contributed by atoms with Crippen molar-refractivity contribution in [2.24, 2.45) is 0 Å². The first-order chi connectivity index (χ1) is 7.58. The Balaban J connectivity index is 2.51. The molecule has 2 rings (SSSR count). The molecule has 0 spiro atoms. The molecule has 0 aliphatic rings. The van der Waals surface area contributed by atoms with Gasteiger partial charge in [-0.15, -0.1) is 11.3 Å². The van der Waals surface area contributed by atoms with Crippen molar-refractivity contribution in [3.63, 3.8) is 0 Å². The van der Waals surface area contributed by atoms with E-state index in [1.165, 1.54) is 11.3 Å². The first-order valence-corrected chi connectivity index (χ1v) is 5.94. The second-order valence-electron chi connectivity index (χ2n) is 3.10. The Bertz CT molecular complexity index is 549. The molecule has 0 amide bonds. The van der Waals surface area contributed by atoms with E-state index in [1.807, 2.05) is 6.07 Å². The van der Waals surface area contributed by atoms with Gasteiger partial charge in [0.05, 0.1) is 14.9 Å². The van der Waals surface area contributed by atoms with E-state index in [0.717, 1.165) is 10.4 Å². The van der Waals surface area contributed by atoms with Crippen LogP contribution >= 0.6 is 34.5 Å². The molecular weight excluding hydrogens is 267 g/mol. The predicted molar refractivity (Wildman–Crippen MR) is 66.7 cm³/mol. The van der Waals surface area contributed by atoms with E-state index in [0.29, 0.717) is 4.34 Å². The van der Waals surface area contributed by atoms with Gasteiger partial charge >= 0.3 is 5.97 Å². The Morgan fingerprint density at radius 1 is 1.19 bits per heavy atom. The Morgan fingerprint density at radius 3 is 2.50 bits per heavy atom. The van der Waals surface area contributed by atoms with Crippen LogP contribution in [0.4, 0.5) is 0 Å². The number of halogens is 2. The molecule has 1 N–H and O–H groups in total. The van der Waals surface area contributed by atoms with E-state index in [1.54, 1.807) is 24.3 Å². The van der Waals surface area contributed by atoms with E-state index >= 15 is 0 Å². The zero-order valence-electron chi connectivity index (χ0n) is 7.91. The molecule has 0 unspecified atom stereocenters. The summed E-state index contributed by atoms with van der Waals surface area (Å²) in [5, 5.41) is 9.17. The molecule has 1 heterocycles. The lowest BCUT2D eigenvalue weighted by molar-refractivity contribution is 0.0697. The molecule has 0 atom stereocenters. The molecule has 0 fully saturated rings. The largest absolute Gasteiger partial charge is 0.478 e. The van der Waals surface area contributed by atoms with Gasteiger partial charge < -0.3 is 5.11 Å². The number of carboxylic acids is 1. The monoisotopic (exact) mass is 272 g/mol. The molecular formula is C11H6Cl2O2S. The van der Waals surface area contributed by atoms with Crippen molar-refractivity contribution in [2.45, 2.75) is 0 Å². The molecule has 1 aromatic carbocycles. The van der Waals surface area contributed by atoms with Crippen LogP contribution in [0.2, 0.25) is 9.36 Å². The summed E-state index contributed by atoms with van der Waals surface area (Å²) in [6.07, 6.45) is 0. The van der Waals surface area contributed by atoms with Gasteiger partial charge in [-0.05, 0) is 29.8 Å². The standard InChI is InChI=1S/C11H6Cl2O2S/c12-8-2-1-6(5-7(8)11(14)15)9-3-4-10(13)16-9/h1-5H,(H,14,15). The van der Waals surface area contributed by atoms with Crippen molar-refractivity contribution >= 4 is 40.5 Å². The average Bonchev–Trinajstić information content (AvgIpc) is 2.65. The summed E-state index contributed by atoms with van der Waals surface area (Å²) in [6, 6.07) is 8.52. The Hall–Kier alpha value is -1.03. The van der Waals surface area contributed by atoms with E-state index in [9.17, 15) is 4.79 Å². The molecule has 2 nitrogen and oxygen atoms in total. The lowest BCUT2D eigenvalue weighted by Gasteiger charge is -2.02. The summed E-state index contributed by atoms with van der Waals surface area (Å²) in [6.45, 7) is 0. The maximum atomic E-state index is 10.9. The van der Waals surface area contributed by atoms with Crippen molar-refractivity contribution in [2.75, 3.05) is 0 Å². The number of aromatic carboxylic acids is 1. The zero-order valence-corrected chi connectivity index (χ0v) is 10.2. The van der Waals surface area contributed by atoms with Crippen molar-refractivity contribution in [3.8, 4) is 10.4 Å². The number of hydrogen-bond donors (Lipinski definition) is 1.